The molecule has 1 aliphatic heterocycles. The van der Waals surface area contributed by atoms with Crippen LogP contribution in [0.3, 0.4) is 0 Å². The Bertz CT molecular complexity index is 808. The quantitative estimate of drug-likeness (QED) is 0.633. The Morgan fingerprint density at radius 1 is 1.04 bits per heavy atom. The molecule has 0 aromatic heterocycles. The number of carbonyl (C=O) groups is 1. The molecular weight excluding hydrogens is 304 g/mol. The molecule has 2 aromatic carbocycles. The van der Waals surface area contributed by atoms with Gasteiger partial charge < -0.3 is 4.90 Å². The summed E-state index contributed by atoms with van der Waals surface area (Å²) in [5.41, 5.74) is 2.19. The number of allylic oxidation sites excluding steroid dienone is 2. The SMILES string of the molecule is O=C(c1ccc([N+](=O)[O-])cc1)N1CCC=CC=C1c1ccccc1. The van der Waals surface area contributed by atoms with E-state index in [9.17, 15) is 14.9 Å². The molecule has 2 aromatic rings. The Kier molecular flexibility index (Phi) is 4.52. The minimum absolute atomic E-state index is 0.0251. The van der Waals surface area contributed by atoms with E-state index < -0.39 is 4.92 Å². The molecule has 5 heteroatoms. The zero-order valence-corrected chi connectivity index (χ0v) is 13.0. The number of carbonyl (C=O) groups excluding carboxylic acids is 1. The predicted octanol–water partition coefficient (Wildman–Crippen LogP) is 4.04. The molecule has 5 nitrogen and oxygen atoms in total. The van der Waals surface area contributed by atoms with Crippen molar-refractivity contribution in [1.82, 2.24) is 4.90 Å². The number of rotatable bonds is 3. The van der Waals surface area contributed by atoms with Crippen molar-refractivity contribution >= 4 is 17.3 Å². The van der Waals surface area contributed by atoms with Gasteiger partial charge in [-0.25, -0.2) is 0 Å². The molecule has 24 heavy (non-hydrogen) atoms. The van der Waals surface area contributed by atoms with Crippen molar-refractivity contribution in [2.24, 2.45) is 0 Å². The van der Waals surface area contributed by atoms with Crippen molar-refractivity contribution in [1.29, 1.82) is 0 Å². The lowest BCUT2D eigenvalue weighted by atomic mass is 10.1. The molecule has 3 rings (SSSR count). The number of nitro benzene ring substituents is 1. The van der Waals surface area contributed by atoms with Crippen molar-refractivity contribution in [3.8, 4) is 0 Å². The summed E-state index contributed by atoms with van der Waals surface area (Å²) < 4.78 is 0. The van der Waals surface area contributed by atoms with Crippen molar-refractivity contribution in [3.05, 3.63) is 94.1 Å². The summed E-state index contributed by atoms with van der Waals surface area (Å²) in [5, 5.41) is 10.8. The van der Waals surface area contributed by atoms with E-state index in [2.05, 4.69) is 0 Å². The van der Waals surface area contributed by atoms with Crippen molar-refractivity contribution in [2.45, 2.75) is 6.42 Å². The number of benzene rings is 2. The van der Waals surface area contributed by atoms with Gasteiger partial charge in [0.15, 0.2) is 0 Å². The highest BCUT2D eigenvalue weighted by Crippen LogP contribution is 2.24. The van der Waals surface area contributed by atoms with Gasteiger partial charge in [-0.1, -0.05) is 42.5 Å². The van der Waals surface area contributed by atoms with E-state index >= 15 is 0 Å². The van der Waals surface area contributed by atoms with Crippen LogP contribution in [0.25, 0.3) is 5.70 Å². The molecule has 0 spiro atoms. The van der Waals surface area contributed by atoms with Gasteiger partial charge in [0.1, 0.15) is 0 Å². The van der Waals surface area contributed by atoms with Gasteiger partial charge in [0.05, 0.1) is 10.6 Å². The number of non-ortho nitro benzene ring substituents is 1. The fraction of sp³-hybridized carbons (Fsp3) is 0.105. The molecule has 0 N–H and O–H groups in total. The van der Waals surface area contributed by atoms with Gasteiger partial charge in [0.25, 0.3) is 11.6 Å². The number of hydrogen-bond donors (Lipinski definition) is 0. The molecule has 1 amide bonds. The summed E-state index contributed by atoms with van der Waals surface area (Å²) >= 11 is 0. The third-order valence-corrected chi connectivity index (χ3v) is 3.84. The smallest absolute Gasteiger partial charge is 0.269 e. The highest BCUT2D eigenvalue weighted by Gasteiger charge is 2.21. The first-order valence-corrected chi connectivity index (χ1v) is 7.65. The van der Waals surface area contributed by atoms with Gasteiger partial charge in [0, 0.05) is 24.2 Å². The lowest BCUT2D eigenvalue weighted by Gasteiger charge is -2.24. The van der Waals surface area contributed by atoms with Crippen molar-refractivity contribution < 1.29 is 9.72 Å². The second kappa shape index (κ2) is 6.91. The molecule has 0 bridgehead atoms. The van der Waals surface area contributed by atoms with Gasteiger partial charge in [-0.2, -0.15) is 0 Å². The van der Waals surface area contributed by atoms with E-state index in [0.29, 0.717) is 12.1 Å². The van der Waals surface area contributed by atoms with Gasteiger partial charge in [-0.05, 0) is 30.2 Å². The summed E-state index contributed by atoms with van der Waals surface area (Å²) in [4.78, 5) is 24.9. The van der Waals surface area contributed by atoms with E-state index in [1.54, 1.807) is 4.90 Å². The predicted molar refractivity (Wildman–Crippen MR) is 92.3 cm³/mol. The average molecular weight is 320 g/mol. The first-order valence-electron chi connectivity index (χ1n) is 7.65. The van der Waals surface area contributed by atoms with Crippen LogP contribution in [0.15, 0.2) is 72.8 Å². The highest BCUT2D eigenvalue weighted by molar-refractivity contribution is 6.00. The average Bonchev–Trinajstić information content (AvgIpc) is 2.88. The number of hydrogen-bond acceptors (Lipinski definition) is 3. The van der Waals surface area contributed by atoms with Crippen LogP contribution in [0, 0.1) is 10.1 Å². The summed E-state index contributed by atoms with van der Waals surface area (Å²) in [6.45, 7) is 0.563. The summed E-state index contributed by atoms with van der Waals surface area (Å²) in [5.74, 6) is -0.163. The van der Waals surface area contributed by atoms with E-state index in [-0.39, 0.29) is 11.6 Å². The van der Waals surface area contributed by atoms with Crippen LogP contribution in [0.2, 0.25) is 0 Å². The topological polar surface area (TPSA) is 63.4 Å². The third kappa shape index (κ3) is 3.25. The fourth-order valence-electron chi connectivity index (χ4n) is 2.62. The molecular formula is C19H16N2O3. The van der Waals surface area contributed by atoms with Crippen LogP contribution in [0.5, 0.6) is 0 Å². The van der Waals surface area contributed by atoms with Crippen molar-refractivity contribution in [3.63, 3.8) is 0 Å². The van der Waals surface area contributed by atoms with Gasteiger partial charge in [0.2, 0.25) is 0 Å². The molecule has 1 aliphatic rings. The molecule has 120 valence electrons. The molecule has 0 unspecified atom stereocenters. The molecule has 0 aliphatic carbocycles. The number of nitrogens with zero attached hydrogens (tertiary/aromatic N) is 2. The maximum Gasteiger partial charge on any atom is 0.269 e. The minimum Gasteiger partial charge on any atom is -0.307 e. The highest BCUT2D eigenvalue weighted by atomic mass is 16.6. The minimum atomic E-state index is -0.473. The monoisotopic (exact) mass is 320 g/mol. The fourth-order valence-corrected chi connectivity index (χ4v) is 2.62. The Morgan fingerprint density at radius 2 is 1.75 bits per heavy atom. The summed E-state index contributed by atoms with van der Waals surface area (Å²) in [6.07, 6.45) is 6.65. The first kappa shape index (κ1) is 15.7. The largest absolute Gasteiger partial charge is 0.307 e. The second-order valence-electron chi connectivity index (χ2n) is 5.40. The number of amides is 1. The Hall–Kier alpha value is -3.21. The second-order valence-corrected chi connectivity index (χ2v) is 5.40. The van der Waals surface area contributed by atoms with Crippen LogP contribution in [0.4, 0.5) is 5.69 Å². The standard InChI is InChI=1S/C19H16N2O3/c22-19(16-10-12-17(13-11-16)21(23)24)20-14-6-2-5-9-18(20)15-7-3-1-4-8-15/h1-5,7-13H,6,14H2. The van der Waals surface area contributed by atoms with Crippen LogP contribution in [0.1, 0.15) is 22.3 Å². The van der Waals surface area contributed by atoms with Crippen LogP contribution < -0.4 is 0 Å². The molecule has 1 heterocycles. The maximum atomic E-state index is 12.9. The van der Waals surface area contributed by atoms with E-state index in [1.165, 1.54) is 24.3 Å². The van der Waals surface area contributed by atoms with Gasteiger partial charge in [-0.15, -0.1) is 0 Å². The zero-order valence-electron chi connectivity index (χ0n) is 13.0. The molecule has 0 fully saturated rings. The third-order valence-electron chi connectivity index (χ3n) is 3.84. The zero-order chi connectivity index (χ0) is 16.9. The van der Waals surface area contributed by atoms with Crippen LogP contribution in [-0.4, -0.2) is 22.3 Å². The summed E-state index contributed by atoms with van der Waals surface area (Å²) in [6, 6.07) is 15.4. The molecule has 0 saturated heterocycles. The lowest BCUT2D eigenvalue weighted by Crippen LogP contribution is -2.30. The first-order chi connectivity index (χ1) is 11.7. The van der Waals surface area contributed by atoms with Crippen molar-refractivity contribution in [2.75, 3.05) is 6.54 Å². The Balaban J connectivity index is 1.93. The van der Waals surface area contributed by atoms with Crippen LogP contribution in [-0.2, 0) is 0 Å². The van der Waals surface area contributed by atoms with E-state index in [1.807, 2.05) is 48.6 Å². The number of nitro groups is 1. The summed E-state index contributed by atoms with van der Waals surface area (Å²) in [7, 11) is 0. The van der Waals surface area contributed by atoms with Gasteiger partial charge >= 0.3 is 0 Å². The molecule has 0 atom stereocenters. The maximum absolute atomic E-state index is 12.9. The van der Waals surface area contributed by atoms with E-state index in [0.717, 1.165) is 17.7 Å². The van der Waals surface area contributed by atoms with E-state index in [4.69, 9.17) is 0 Å². The normalized spacial score (nSPS) is 14.0. The van der Waals surface area contributed by atoms with Gasteiger partial charge in [-0.3, -0.25) is 14.9 Å². The Morgan fingerprint density at radius 3 is 2.42 bits per heavy atom. The lowest BCUT2D eigenvalue weighted by molar-refractivity contribution is -0.384. The molecule has 0 radical (unpaired) electrons. The molecule has 0 saturated carbocycles. The Labute approximate surface area is 139 Å². The van der Waals surface area contributed by atoms with Crippen LogP contribution >= 0.6 is 0 Å².